The fraction of sp³-hybridized carbons (Fsp3) is 0.286. The van der Waals surface area contributed by atoms with Crippen LogP contribution in [-0.4, -0.2) is 9.97 Å². The molecule has 0 saturated heterocycles. The second kappa shape index (κ2) is 6.08. The van der Waals surface area contributed by atoms with Gasteiger partial charge in [0.25, 0.3) is 0 Å². The highest BCUT2D eigenvalue weighted by molar-refractivity contribution is 6.36. The molecule has 0 amide bonds. The Bertz CT molecular complexity index is 592. The molecular weight excluding hydrogens is 303 g/mol. The molecule has 1 aromatic carbocycles. The summed E-state index contributed by atoms with van der Waals surface area (Å²) in [6.45, 7) is 3.96. The van der Waals surface area contributed by atoms with Crippen molar-refractivity contribution in [3.63, 3.8) is 0 Å². The van der Waals surface area contributed by atoms with Crippen molar-refractivity contribution in [3.05, 3.63) is 56.0 Å². The molecule has 5 heteroatoms. The largest absolute Gasteiger partial charge is 0.237 e. The first-order valence-corrected chi connectivity index (χ1v) is 7.11. The van der Waals surface area contributed by atoms with E-state index in [1.807, 2.05) is 19.9 Å². The third-order valence-corrected chi connectivity index (χ3v) is 4.04. The van der Waals surface area contributed by atoms with Crippen molar-refractivity contribution >= 4 is 34.8 Å². The summed E-state index contributed by atoms with van der Waals surface area (Å²) in [6.07, 6.45) is 1.29. The van der Waals surface area contributed by atoms with E-state index in [9.17, 15) is 0 Å². The number of aryl methyl sites for hydroxylation is 1. The van der Waals surface area contributed by atoms with Gasteiger partial charge in [0.2, 0.25) is 0 Å². The molecule has 2 aromatic rings. The fourth-order valence-electron chi connectivity index (χ4n) is 1.86. The van der Waals surface area contributed by atoms with Crippen LogP contribution in [0.15, 0.2) is 18.2 Å². The molecule has 0 unspecified atom stereocenters. The molecule has 1 heterocycles. The van der Waals surface area contributed by atoms with Gasteiger partial charge in [-0.05, 0) is 31.0 Å². The van der Waals surface area contributed by atoms with E-state index in [2.05, 4.69) is 9.97 Å². The molecule has 2 rings (SSSR count). The molecule has 0 bridgehead atoms. The van der Waals surface area contributed by atoms with E-state index in [0.717, 1.165) is 23.2 Å². The van der Waals surface area contributed by atoms with Crippen molar-refractivity contribution in [2.45, 2.75) is 26.7 Å². The lowest BCUT2D eigenvalue weighted by Crippen LogP contribution is -2.04. The van der Waals surface area contributed by atoms with Crippen LogP contribution >= 0.6 is 34.8 Å². The summed E-state index contributed by atoms with van der Waals surface area (Å²) in [6, 6.07) is 5.42. The van der Waals surface area contributed by atoms with E-state index >= 15 is 0 Å². The van der Waals surface area contributed by atoms with E-state index in [1.54, 1.807) is 12.1 Å². The third kappa shape index (κ3) is 3.19. The lowest BCUT2D eigenvalue weighted by atomic mass is 10.1. The van der Waals surface area contributed by atoms with Crippen molar-refractivity contribution in [2.75, 3.05) is 0 Å². The van der Waals surface area contributed by atoms with Gasteiger partial charge in [0, 0.05) is 27.7 Å². The summed E-state index contributed by atoms with van der Waals surface area (Å²) in [5.41, 5.74) is 2.71. The predicted octanol–water partition coefficient (Wildman–Crippen LogP) is 4.90. The molecule has 1 aromatic heterocycles. The number of benzene rings is 1. The second-order valence-electron chi connectivity index (χ2n) is 4.23. The summed E-state index contributed by atoms with van der Waals surface area (Å²) in [5, 5.41) is 1.72. The monoisotopic (exact) mass is 314 g/mol. The SMILES string of the molecule is CCc1nc(Cc2c(Cl)cccc2Cl)nc(Cl)c1C. The van der Waals surface area contributed by atoms with Gasteiger partial charge in [-0.3, -0.25) is 0 Å². The van der Waals surface area contributed by atoms with E-state index < -0.39 is 0 Å². The standard InChI is InChI=1S/C14H13Cl3N2/c1-3-12-8(2)14(17)19-13(18-12)7-9-10(15)5-4-6-11(9)16/h4-6H,3,7H2,1-2H3. The second-order valence-corrected chi connectivity index (χ2v) is 5.41. The van der Waals surface area contributed by atoms with Gasteiger partial charge in [-0.1, -0.05) is 47.8 Å². The van der Waals surface area contributed by atoms with Crippen molar-refractivity contribution in [1.82, 2.24) is 9.97 Å². The lowest BCUT2D eigenvalue weighted by Gasteiger charge is -2.09. The van der Waals surface area contributed by atoms with Crippen molar-refractivity contribution < 1.29 is 0 Å². The predicted molar refractivity (Wildman–Crippen MR) is 80.4 cm³/mol. The minimum atomic E-state index is 0.478. The third-order valence-electron chi connectivity index (χ3n) is 2.97. The van der Waals surface area contributed by atoms with Gasteiger partial charge < -0.3 is 0 Å². The highest BCUT2D eigenvalue weighted by Crippen LogP contribution is 2.27. The molecule has 100 valence electrons. The van der Waals surface area contributed by atoms with Gasteiger partial charge in [-0.25, -0.2) is 9.97 Å². The Morgan fingerprint density at radius 3 is 2.26 bits per heavy atom. The smallest absolute Gasteiger partial charge is 0.135 e. The molecule has 0 fully saturated rings. The molecule has 19 heavy (non-hydrogen) atoms. The Labute approximate surface area is 127 Å². The minimum absolute atomic E-state index is 0.478. The Hall–Kier alpha value is -0.830. The van der Waals surface area contributed by atoms with E-state index in [-0.39, 0.29) is 0 Å². The Kier molecular flexibility index (Phi) is 4.67. The Morgan fingerprint density at radius 2 is 1.68 bits per heavy atom. The van der Waals surface area contributed by atoms with Crippen LogP contribution in [0.3, 0.4) is 0 Å². The summed E-state index contributed by atoms with van der Waals surface area (Å²) in [7, 11) is 0. The average Bonchev–Trinajstić information content (AvgIpc) is 2.38. The van der Waals surface area contributed by atoms with Gasteiger partial charge in [0.15, 0.2) is 0 Å². The lowest BCUT2D eigenvalue weighted by molar-refractivity contribution is 0.889. The van der Waals surface area contributed by atoms with Gasteiger partial charge >= 0.3 is 0 Å². The maximum atomic E-state index is 6.15. The van der Waals surface area contributed by atoms with Crippen LogP contribution in [0.4, 0.5) is 0 Å². The number of hydrogen-bond donors (Lipinski definition) is 0. The first kappa shape index (κ1) is 14.6. The van der Waals surface area contributed by atoms with E-state index in [4.69, 9.17) is 34.8 Å². The normalized spacial score (nSPS) is 10.8. The van der Waals surface area contributed by atoms with E-state index in [0.29, 0.717) is 27.4 Å². The minimum Gasteiger partial charge on any atom is -0.237 e. The number of halogens is 3. The zero-order valence-electron chi connectivity index (χ0n) is 10.7. The molecule has 0 spiro atoms. The maximum Gasteiger partial charge on any atom is 0.135 e. The molecular formula is C14H13Cl3N2. The van der Waals surface area contributed by atoms with Gasteiger partial charge in [-0.15, -0.1) is 0 Å². The van der Waals surface area contributed by atoms with Gasteiger partial charge in [0.1, 0.15) is 11.0 Å². The zero-order chi connectivity index (χ0) is 14.0. The number of aromatic nitrogens is 2. The topological polar surface area (TPSA) is 25.8 Å². The molecule has 2 nitrogen and oxygen atoms in total. The number of nitrogens with zero attached hydrogens (tertiary/aromatic N) is 2. The van der Waals surface area contributed by atoms with Crippen LogP contribution in [0.5, 0.6) is 0 Å². The van der Waals surface area contributed by atoms with Crippen LogP contribution in [0, 0.1) is 6.92 Å². The summed E-state index contributed by atoms with van der Waals surface area (Å²) in [5.74, 6) is 0.641. The van der Waals surface area contributed by atoms with Crippen LogP contribution in [-0.2, 0) is 12.8 Å². The highest BCUT2D eigenvalue weighted by Gasteiger charge is 2.12. The molecule has 0 N–H and O–H groups in total. The molecule has 0 aliphatic rings. The van der Waals surface area contributed by atoms with Crippen molar-refractivity contribution in [3.8, 4) is 0 Å². The first-order valence-electron chi connectivity index (χ1n) is 5.97. The number of hydrogen-bond acceptors (Lipinski definition) is 2. The van der Waals surface area contributed by atoms with Crippen molar-refractivity contribution in [1.29, 1.82) is 0 Å². The van der Waals surface area contributed by atoms with Gasteiger partial charge in [-0.2, -0.15) is 0 Å². The fourth-order valence-corrected chi connectivity index (χ4v) is 2.60. The maximum absolute atomic E-state index is 6.15. The molecule has 0 aliphatic heterocycles. The summed E-state index contributed by atoms with van der Waals surface area (Å²) < 4.78 is 0. The average molecular weight is 316 g/mol. The Balaban J connectivity index is 2.41. The summed E-state index contributed by atoms with van der Waals surface area (Å²) >= 11 is 18.4. The molecule has 0 saturated carbocycles. The van der Waals surface area contributed by atoms with Gasteiger partial charge in [0.05, 0.1) is 0 Å². The van der Waals surface area contributed by atoms with Crippen LogP contribution in [0.25, 0.3) is 0 Å². The van der Waals surface area contributed by atoms with Crippen LogP contribution < -0.4 is 0 Å². The highest BCUT2D eigenvalue weighted by atomic mass is 35.5. The van der Waals surface area contributed by atoms with Crippen LogP contribution in [0.1, 0.15) is 29.6 Å². The molecule has 0 aliphatic carbocycles. The number of rotatable bonds is 3. The zero-order valence-corrected chi connectivity index (χ0v) is 12.9. The van der Waals surface area contributed by atoms with Crippen molar-refractivity contribution in [2.24, 2.45) is 0 Å². The first-order chi connectivity index (χ1) is 9.02. The van der Waals surface area contributed by atoms with E-state index in [1.165, 1.54) is 0 Å². The summed E-state index contributed by atoms with van der Waals surface area (Å²) in [4.78, 5) is 8.81. The Morgan fingerprint density at radius 1 is 1.05 bits per heavy atom. The quantitative estimate of drug-likeness (QED) is 0.753. The molecule has 0 radical (unpaired) electrons. The molecule has 0 atom stereocenters. The van der Waals surface area contributed by atoms with Crippen LogP contribution in [0.2, 0.25) is 15.2 Å².